The molecular weight excluding hydrogens is 328 g/mol. The first-order valence-electron chi connectivity index (χ1n) is 7.20. The van der Waals surface area contributed by atoms with Gasteiger partial charge in [0.2, 0.25) is 0 Å². The van der Waals surface area contributed by atoms with E-state index in [1.54, 1.807) is 44.8 Å². The van der Waals surface area contributed by atoms with Crippen LogP contribution in [0.1, 0.15) is 11.3 Å². The van der Waals surface area contributed by atoms with Crippen LogP contribution in [0.2, 0.25) is 0 Å². The summed E-state index contributed by atoms with van der Waals surface area (Å²) in [5.74, 6) is 1.73. The average molecular weight is 344 g/mol. The van der Waals surface area contributed by atoms with Crippen LogP contribution in [-0.4, -0.2) is 30.1 Å². The number of nitrogens with zero attached hydrogens (tertiary/aromatic N) is 1. The minimum atomic E-state index is -0.210. The van der Waals surface area contributed by atoms with Gasteiger partial charge < -0.3 is 19.2 Å². The van der Waals surface area contributed by atoms with Crippen LogP contribution in [0.3, 0.4) is 0 Å². The van der Waals surface area contributed by atoms with Crippen LogP contribution in [0.25, 0.3) is 6.08 Å². The number of furan rings is 1. The highest BCUT2D eigenvalue weighted by molar-refractivity contribution is 7.80. The van der Waals surface area contributed by atoms with Gasteiger partial charge in [0.25, 0.3) is 5.91 Å². The van der Waals surface area contributed by atoms with Crippen molar-refractivity contribution in [2.45, 2.75) is 6.54 Å². The monoisotopic (exact) mass is 344 g/mol. The van der Waals surface area contributed by atoms with Crippen molar-refractivity contribution in [3.05, 3.63) is 53.6 Å². The van der Waals surface area contributed by atoms with Crippen LogP contribution in [0.4, 0.5) is 0 Å². The van der Waals surface area contributed by atoms with Crippen LogP contribution >= 0.6 is 12.2 Å². The fourth-order valence-corrected chi connectivity index (χ4v) is 2.61. The standard InChI is InChI=1S/C17H16N2O4S/c1-21-13-6-11(7-14(9-13)22-2)8-15-16(20)19(17(24)18-15)10-12-4-3-5-23-12/h3-9H,10H2,1-2H3,(H,18,24). The molecule has 1 saturated heterocycles. The van der Waals surface area contributed by atoms with E-state index in [2.05, 4.69) is 5.32 Å². The van der Waals surface area contributed by atoms with E-state index in [1.165, 1.54) is 4.90 Å². The van der Waals surface area contributed by atoms with Crippen LogP contribution in [0.5, 0.6) is 11.5 Å². The highest BCUT2D eigenvalue weighted by atomic mass is 32.1. The molecule has 0 bridgehead atoms. The molecule has 3 rings (SSSR count). The lowest BCUT2D eigenvalue weighted by atomic mass is 10.1. The van der Waals surface area contributed by atoms with Crippen LogP contribution in [0.15, 0.2) is 46.7 Å². The van der Waals surface area contributed by atoms with Gasteiger partial charge in [0.15, 0.2) is 5.11 Å². The van der Waals surface area contributed by atoms with Crippen molar-refractivity contribution in [2.75, 3.05) is 14.2 Å². The molecule has 1 fully saturated rings. The molecular formula is C17H16N2O4S. The maximum Gasteiger partial charge on any atom is 0.276 e. The topological polar surface area (TPSA) is 63.9 Å². The Bertz CT molecular complexity index is 777. The zero-order valence-electron chi connectivity index (χ0n) is 13.2. The third kappa shape index (κ3) is 3.26. The van der Waals surface area contributed by atoms with Gasteiger partial charge >= 0.3 is 0 Å². The lowest BCUT2D eigenvalue weighted by Crippen LogP contribution is -2.29. The lowest BCUT2D eigenvalue weighted by molar-refractivity contribution is -0.122. The number of nitrogens with one attached hydrogen (secondary N) is 1. The van der Waals surface area contributed by atoms with Crippen LogP contribution < -0.4 is 14.8 Å². The molecule has 2 aromatic rings. The first-order valence-corrected chi connectivity index (χ1v) is 7.61. The molecule has 0 unspecified atom stereocenters. The Balaban J connectivity index is 1.86. The van der Waals surface area contributed by atoms with Crippen molar-refractivity contribution < 1.29 is 18.7 Å². The largest absolute Gasteiger partial charge is 0.497 e. The summed E-state index contributed by atoms with van der Waals surface area (Å²) in [4.78, 5) is 14.0. The molecule has 2 heterocycles. The summed E-state index contributed by atoms with van der Waals surface area (Å²) in [6, 6.07) is 8.95. The maximum atomic E-state index is 12.6. The molecule has 0 radical (unpaired) electrons. The molecule has 0 atom stereocenters. The zero-order chi connectivity index (χ0) is 17.1. The quantitative estimate of drug-likeness (QED) is 0.664. The highest BCUT2D eigenvalue weighted by Gasteiger charge is 2.31. The summed E-state index contributed by atoms with van der Waals surface area (Å²) in [7, 11) is 3.15. The Hall–Kier alpha value is -2.80. The van der Waals surface area contributed by atoms with Gasteiger partial charge in [-0.2, -0.15) is 0 Å². The number of thiocarbonyl (C=S) groups is 1. The van der Waals surface area contributed by atoms with Crippen LogP contribution in [-0.2, 0) is 11.3 Å². The SMILES string of the molecule is COc1cc(C=C2NC(=S)N(Cc3ccco3)C2=O)cc(OC)c1. The number of amides is 1. The Morgan fingerprint density at radius 2 is 1.96 bits per heavy atom. The number of carbonyl (C=O) groups excluding carboxylic acids is 1. The molecule has 0 spiro atoms. The molecule has 24 heavy (non-hydrogen) atoms. The van der Waals surface area contributed by atoms with Gasteiger partial charge in [0, 0.05) is 6.07 Å². The predicted octanol–water partition coefficient (Wildman–Crippen LogP) is 2.55. The molecule has 0 aliphatic carbocycles. The van der Waals surface area contributed by atoms with Crippen molar-refractivity contribution in [1.82, 2.24) is 10.2 Å². The van der Waals surface area contributed by atoms with E-state index >= 15 is 0 Å². The summed E-state index contributed by atoms with van der Waals surface area (Å²) in [6.45, 7) is 0.288. The molecule has 7 heteroatoms. The van der Waals surface area contributed by atoms with E-state index in [4.69, 9.17) is 26.1 Å². The molecule has 1 aliphatic rings. The second kappa shape index (κ2) is 6.76. The Labute approximate surface area is 144 Å². The van der Waals surface area contributed by atoms with Crippen molar-refractivity contribution in [2.24, 2.45) is 0 Å². The van der Waals surface area contributed by atoms with Crippen molar-refractivity contribution in [3.8, 4) is 11.5 Å². The summed E-state index contributed by atoms with van der Waals surface area (Å²) in [6.07, 6.45) is 3.27. The predicted molar refractivity (Wildman–Crippen MR) is 92.5 cm³/mol. The number of methoxy groups -OCH3 is 2. The molecule has 1 aromatic carbocycles. The fourth-order valence-electron chi connectivity index (χ4n) is 2.35. The molecule has 1 aliphatic heterocycles. The van der Waals surface area contributed by atoms with Crippen molar-refractivity contribution >= 4 is 29.3 Å². The molecule has 0 saturated carbocycles. The average Bonchev–Trinajstić information content (AvgIpc) is 3.19. The second-order valence-electron chi connectivity index (χ2n) is 5.10. The van der Waals surface area contributed by atoms with E-state index < -0.39 is 0 Å². The number of hydrogen-bond acceptors (Lipinski definition) is 5. The normalized spacial score (nSPS) is 15.8. The first-order chi connectivity index (χ1) is 11.6. The fraction of sp³-hybridized carbons (Fsp3) is 0.176. The van der Waals surface area contributed by atoms with Gasteiger partial charge in [-0.1, -0.05) is 0 Å². The highest BCUT2D eigenvalue weighted by Crippen LogP contribution is 2.25. The van der Waals surface area contributed by atoms with Gasteiger partial charge in [0.05, 0.1) is 27.0 Å². The smallest absolute Gasteiger partial charge is 0.276 e. The summed E-state index contributed by atoms with van der Waals surface area (Å²) < 4.78 is 15.7. The lowest BCUT2D eigenvalue weighted by Gasteiger charge is -2.11. The number of hydrogen-bond donors (Lipinski definition) is 1. The molecule has 1 aromatic heterocycles. The van der Waals surface area contributed by atoms with Crippen molar-refractivity contribution in [1.29, 1.82) is 0 Å². The molecule has 1 amide bonds. The third-order valence-electron chi connectivity index (χ3n) is 3.54. The van der Waals surface area contributed by atoms with E-state index in [-0.39, 0.29) is 12.5 Å². The number of ether oxygens (including phenoxy) is 2. The third-order valence-corrected chi connectivity index (χ3v) is 3.86. The summed E-state index contributed by atoms with van der Waals surface area (Å²) >= 11 is 5.24. The second-order valence-corrected chi connectivity index (χ2v) is 5.49. The van der Waals surface area contributed by atoms with Gasteiger partial charge in [0.1, 0.15) is 23.0 Å². The molecule has 6 nitrogen and oxygen atoms in total. The van der Waals surface area contributed by atoms with E-state index in [1.807, 2.05) is 12.1 Å². The van der Waals surface area contributed by atoms with E-state index in [0.717, 1.165) is 5.56 Å². The minimum absolute atomic E-state index is 0.210. The number of carbonyl (C=O) groups is 1. The maximum absolute atomic E-state index is 12.6. The van der Waals surface area contributed by atoms with Crippen LogP contribution in [0, 0.1) is 0 Å². The number of benzene rings is 1. The Morgan fingerprint density at radius 1 is 1.25 bits per heavy atom. The minimum Gasteiger partial charge on any atom is -0.497 e. The summed E-state index contributed by atoms with van der Waals surface area (Å²) in [5.41, 5.74) is 1.16. The van der Waals surface area contributed by atoms with E-state index in [0.29, 0.717) is 28.1 Å². The van der Waals surface area contributed by atoms with Gasteiger partial charge in [-0.15, -0.1) is 0 Å². The van der Waals surface area contributed by atoms with Gasteiger partial charge in [-0.25, -0.2) is 0 Å². The van der Waals surface area contributed by atoms with E-state index in [9.17, 15) is 4.79 Å². The summed E-state index contributed by atoms with van der Waals surface area (Å²) in [5, 5.41) is 3.28. The van der Waals surface area contributed by atoms with Crippen molar-refractivity contribution in [3.63, 3.8) is 0 Å². The Morgan fingerprint density at radius 3 is 2.54 bits per heavy atom. The van der Waals surface area contributed by atoms with Gasteiger partial charge in [-0.3, -0.25) is 9.69 Å². The van der Waals surface area contributed by atoms with Gasteiger partial charge in [-0.05, 0) is 48.1 Å². The molecule has 1 N–H and O–H groups in total. The Kier molecular flexibility index (Phi) is 4.52. The molecule has 124 valence electrons. The first kappa shape index (κ1) is 16.1. The number of rotatable bonds is 5. The zero-order valence-corrected chi connectivity index (χ0v) is 14.1.